The molecule has 1 aromatic rings. The number of aromatic nitrogens is 2. The third-order valence-electron chi connectivity index (χ3n) is 1.94. The van der Waals surface area contributed by atoms with Gasteiger partial charge in [0, 0.05) is 18.2 Å². The molecule has 4 nitrogen and oxygen atoms in total. The first-order valence-electron chi connectivity index (χ1n) is 4.49. The highest BCUT2D eigenvalue weighted by Gasteiger charge is 2.27. The molecule has 2 rings (SSSR count). The molecular formula is C8H10ClN3OS. The van der Waals surface area contributed by atoms with Crippen molar-refractivity contribution in [2.45, 2.75) is 25.2 Å². The van der Waals surface area contributed by atoms with E-state index in [0.29, 0.717) is 23.4 Å². The van der Waals surface area contributed by atoms with Gasteiger partial charge in [0.25, 0.3) is 0 Å². The zero-order valence-corrected chi connectivity index (χ0v) is 9.07. The first-order valence-corrected chi connectivity index (χ1v) is 5.84. The van der Waals surface area contributed by atoms with E-state index in [1.165, 1.54) is 24.2 Å². The summed E-state index contributed by atoms with van der Waals surface area (Å²) in [5.41, 5.74) is 0. The van der Waals surface area contributed by atoms with Crippen LogP contribution in [-0.4, -0.2) is 22.0 Å². The topological polar surface area (TPSA) is 54.9 Å². The van der Waals surface area contributed by atoms with E-state index in [2.05, 4.69) is 15.5 Å². The van der Waals surface area contributed by atoms with Gasteiger partial charge in [0.1, 0.15) is 5.01 Å². The molecule has 1 heterocycles. The van der Waals surface area contributed by atoms with Crippen LogP contribution in [0.15, 0.2) is 0 Å². The van der Waals surface area contributed by atoms with Crippen molar-refractivity contribution in [1.82, 2.24) is 10.2 Å². The van der Waals surface area contributed by atoms with Gasteiger partial charge in [-0.2, -0.15) is 0 Å². The summed E-state index contributed by atoms with van der Waals surface area (Å²) in [6, 6.07) is 0. The van der Waals surface area contributed by atoms with Gasteiger partial charge in [-0.3, -0.25) is 4.79 Å². The molecule has 76 valence electrons. The zero-order valence-electron chi connectivity index (χ0n) is 7.49. The fourth-order valence-electron chi connectivity index (χ4n) is 1.05. The van der Waals surface area contributed by atoms with Gasteiger partial charge in [-0.15, -0.1) is 21.8 Å². The quantitative estimate of drug-likeness (QED) is 0.807. The third kappa shape index (κ3) is 2.42. The highest BCUT2D eigenvalue weighted by atomic mass is 35.5. The second-order valence-electron chi connectivity index (χ2n) is 3.21. The van der Waals surface area contributed by atoms with Gasteiger partial charge in [0.15, 0.2) is 0 Å². The molecule has 1 fully saturated rings. The van der Waals surface area contributed by atoms with Crippen molar-refractivity contribution in [2.24, 2.45) is 0 Å². The van der Waals surface area contributed by atoms with Gasteiger partial charge in [-0.05, 0) is 12.8 Å². The Hall–Kier alpha value is -0.680. The van der Waals surface area contributed by atoms with Gasteiger partial charge in [-0.25, -0.2) is 0 Å². The minimum absolute atomic E-state index is 0.0986. The summed E-state index contributed by atoms with van der Waals surface area (Å²) in [5.74, 6) is 0.824. The molecule has 0 aliphatic heterocycles. The average Bonchev–Trinajstić information content (AvgIpc) is 2.89. The summed E-state index contributed by atoms with van der Waals surface area (Å²) in [5, 5.41) is 12.2. The first-order chi connectivity index (χ1) is 6.79. The highest BCUT2D eigenvalue weighted by Crippen LogP contribution is 2.41. The summed E-state index contributed by atoms with van der Waals surface area (Å²) in [6.45, 7) is 0. The van der Waals surface area contributed by atoms with Crippen LogP contribution in [0.25, 0.3) is 0 Å². The zero-order chi connectivity index (χ0) is 9.97. The molecule has 0 saturated heterocycles. The number of carbonyl (C=O) groups is 1. The Balaban J connectivity index is 1.92. The Morgan fingerprint density at radius 1 is 1.57 bits per heavy atom. The van der Waals surface area contributed by atoms with Crippen molar-refractivity contribution >= 4 is 34.0 Å². The lowest BCUT2D eigenvalue weighted by Gasteiger charge is -1.96. The van der Waals surface area contributed by atoms with Gasteiger partial charge in [-0.1, -0.05) is 11.3 Å². The van der Waals surface area contributed by atoms with Crippen LogP contribution in [0.1, 0.15) is 30.2 Å². The number of rotatable bonds is 4. The predicted molar refractivity (Wildman–Crippen MR) is 55.9 cm³/mol. The Morgan fingerprint density at radius 2 is 2.36 bits per heavy atom. The summed E-state index contributed by atoms with van der Waals surface area (Å²) >= 11 is 6.90. The van der Waals surface area contributed by atoms with Crippen LogP contribution in [0.4, 0.5) is 5.13 Å². The van der Waals surface area contributed by atoms with Crippen LogP contribution in [0.3, 0.4) is 0 Å². The maximum Gasteiger partial charge on any atom is 0.227 e. The van der Waals surface area contributed by atoms with Gasteiger partial charge >= 0.3 is 0 Å². The molecule has 1 N–H and O–H groups in total. The number of amides is 1. The Kier molecular flexibility index (Phi) is 2.98. The molecule has 0 atom stereocenters. The number of hydrogen-bond donors (Lipinski definition) is 1. The van der Waals surface area contributed by atoms with Crippen LogP contribution in [0, 0.1) is 0 Å². The smallest absolute Gasteiger partial charge is 0.227 e. The normalized spacial score (nSPS) is 15.5. The van der Waals surface area contributed by atoms with E-state index in [-0.39, 0.29) is 5.91 Å². The van der Waals surface area contributed by atoms with Gasteiger partial charge < -0.3 is 5.32 Å². The molecule has 0 bridgehead atoms. The number of alkyl halides is 1. The largest absolute Gasteiger partial charge is 0.300 e. The number of nitrogens with one attached hydrogen (secondary N) is 1. The molecule has 0 spiro atoms. The number of halogens is 1. The van der Waals surface area contributed by atoms with Crippen LogP contribution >= 0.6 is 22.9 Å². The second kappa shape index (κ2) is 4.23. The Morgan fingerprint density at radius 3 is 3.00 bits per heavy atom. The van der Waals surface area contributed by atoms with E-state index in [0.717, 1.165) is 5.01 Å². The number of anilines is 1. The number of nitrogens with zero attached hydrogens (tertiary/aromatic N) is 2. The molecule has 1 aliphatic rings. The van der Waals surface area contributed by atoms with Gasteiger partial charge in [0.2, 0.25) is 11.0 Å². The van der Waals surface area contributed by atoms with Crippen LogP contribution < -0.4 is 5.32 Å². The first kappa shape index (κ1) is 9.86. The molecule has 1 amide bonds. The van der Waals surface area contributed by atoms with Crippen molar-refractivity contribution in [1.29, 1.82) is 0 Å². The van der Waals surface area contributed by atoms with E-state index in [9.17, 15) is 4.79 Å². The maximum absolute atomic E-state index is 11.2. The maximum atomic E-state index is 11.2. The fraction of sp³-hybridized carbons (Fsp3) is 0.625. The summed E-state index contributed by atoms with van der Waals surface area (Å²) in [6.07, 6.45) is 2.72. The SMILES string of the molecule is O=C(CCCl)Nc1nnc(C2CC2)s1. The predicted octanol–water partition coefficient (Wildman–Crippen LogP) is 1.98. The lowest BCUT2D eigenvalue weighted by atomic mass is 10.5. The van der Waals surface area contributed by atoms with E-state index in [1.807, 2.05) is 0 Å². The van der Waals surface area contributed by atoms with Crippen LogP contribution in [0.2, 0.25) is 0 Å². The highest BCUT2D eigenvalue weighted by molar-refractivity contribution is 7.15. The molecule has 1 saturated carbocycles. The number of hydrogen-bond acceptors (Lipinski definition) is 4. The minimum atomic E-state index is -0.0986. The van der Waals surface area contributed by atoms with Crippen molar-refractivity contribution in [3.8, 4) is 0 Å². The van der Waals surface area contributed by atoms with Gasteiger partial charge in [0.05, 0.1) is 0 Å². The molecule has 0 unspecified atom stereocenters. The summed E-state index contributed by atoms with van der Waals surface area (Å²) in [7, 11) is 0. The summed E-state index contributed by atoms with van der Waals surface area (Å²) in [4.78, 5) is 11.2. The van der Waals surface area contributed by atoms with Crippen molar-refractivity contribution in [2.75, 3.05) is 11.2 Å². The van der Waals surface area contributed by atoms with E-state index in [4.69, 9.17) is 11.6 Å². The minimum Gasteiger partial charge on any atom is -0.300 e. The lowest BCUT2D eigenvalue weighted by Crippen LogP contribution is -2.11. The van der Waals surface area contributed by atoms with Crippen molar-refractivity contribution < 1.29 is 4.79 Å². The molecule has 14 heavy (non-hydrogen) atoms. The molecule has 1 aromatic heterocycles. The molecule has 0 aromatic carbocycles. The Labute approximate surface area is 90.7 Å². The van der Waals surface area contributed by atoms with E-state index >= 15 is 0 Å². The second-order valence-corrected chi connectivity index (χ2v) is 4.59. The van der Waals surface area contributed by atoms with E-state index < -0.39 is 0 Å². The van der Waals surface area contributed by atoms with Crippen molar-refractivity contribution in [3.05, 3.63) is 5.01 Å². The number of carbonyl (C=O) groups excluding carboxylic acids is 1. The van der Waals surface area contributed by atoms with Crippen LogP contribution in [0.5, 0.6) is 0 Å². The average molecular weight is 232 g/mol. The fourth-order valence-corrected chi connectivity index (χ4v) is 2.15. The monoisotopic (exact) mass is 231 g/mol. The van der Waals surface area contributed by atoms with Crippen molar-refractivity contribution in [3.63, 3.8) is 0 Å². The third-order valence-corrected chi connectivity index (χ3v) is 3.13. The van der Waals surface area contributed by atoms with E-state index in [1.54, 1.807) is 0 Å². The molecule has 6 heteroatoms. The lowest BCUT2D eigenvalue weighted by molar-refractivity contribution is -0.115. The molecule has 0 radical (unpaired) electrons. The molecular weight excluding hydrogens is 222 g/mol. The summed E-state index contributed by atoms with van der Waals surface area (Å²) < 4.78 is 0. The Bertz CT molecular complexity index is 337. The standard InChI is InChI=1S/C8H10ClN3OS/c9-4-3-6(13)10-8-12-11-7(14-8)5-1-2-5/h5H,1-4H2,(H,10,12,13). The van der Waals surface area contributed by atoms with Crippen LogP contribution in [-0.2, 0) is 4.79 Å². The molecule has 1 aliphatic carbocycles.